The Hall–Kier alpha value is -0.460. The van der Waals surface area contributed by atoms with Crippen LogP contribution in [0.1, 0.15) is 11.1 Å². The summed E-state index contributed by atoms with van der Waals surface area (Å²) in [5.41, 5.74) is 2.53. The maximum absolute atomic E-state index is 5.84. The lowest BCUT2D eigenvalue weighted by atomic mass is 10.1. The molecule has 0 aliphatic carbocycles. The van der Waals surface area contributed by atoms with Crippen LogP contribution in [0.5, 0.6) is 0 Å². The van der Waals surface area contributed by atoms with Crippen molar-refractivity contribution in [3.05, 3.63) is 46.5 Å². The van der Waals surface area contributed by atoms with E-state index in [-0.39, 0.29) is 0 Å². The van der Waals surface area contributed by atoms with E-state index in [2.05, 4.69) is 19.1 Å². The highest BCUT2D eigenvalue weighted by Gasteiger charge is 1.96. The molecular weight excluding hydrogens is 203 g/mol. The Morgan fingerprint density at radius 2 is 2.08 bits per heavy atom. The third-order valence-corrected chi connectivity index (χ3v) is 2.31. The van der Waals surface area contributed by atoms with Gasteiger partial charge in [-0.3, -0.25) is 0 Å². The minimum atomic E-state index is 0.576. The lowest BCUT2D eigenvalue weighted by Gasteiger charge is -2.02. The van der Waals surface area contributed by atoms with Crippen LogP contribution >= 0.6 is 23.2 Å². The van der Waals surface area contributed by atoms with Crippen LogP contribution < -0.4 is 0 Å². The molecule has 2 heteroatoms. The van der Waals surface area contributed by atoms with Crippen LogP contribution in [-0.4, -0.2) is 5.88 Å². The smallest absolute Gasteiger partial charge is 0.0408 e. The van der Waals surface area contributed by atoms with Crippen LogP contribution in [-0.2, 0) is 6.42 Å². The summed E-state index contributed by atoms with van der Waals surface area (Å²) in [6, 6.07) is 5.94. The molecule has 0 saturated carbocycles. The number of aryl methyl sites for hydroxylation is 1. The zero-order valence-electron chi connectivity index (χ0n) is 7.56. The number of allylic oxidation sites excluding steroid dienone is 2. The SMILES string of the molecule is Cc1cc(Cl)ccc1C/C=C/CCl. The molecule has 1 aromatic carbocycles. The van der Waals surface area contributed by atoms with E-state index < -0.39 is 0 Å². The van der Waals surface area contributed by atoms with E-state index in [9.17, 15) is 0 Å². The predicted octanol–water partition coefficient (Wildman–Crippen LogP) is 3.99. The molecule has 0 fully saturated rings. The minimum Gasteiger partial charge on any atom is -0.122 e. The Labute approximate surface area is 89.2 Å². The third kappa shape index (κ3) is 3.41. The molecule has 0 bridgehead atoms. The van der Waals surface area contributed by atoms with Crippen molar-refractivity contribution >= 4 is 23.2 Å². The fourth-order valence-corrected chi connectivity index (χ4v) is 1.51. The maximum Gasteiger partial charge on any atom is 0.0408 e. The van der Waals surface area contributed by atoms with Crippen molar-refractivity contribution in [3.63, 3.8) is 0 Å². The first kappa shape index (κ1) is 10.6. The van der Waals surface area contributed by atoms with Gasteiger partial charge in [0, 0.05) is 10.9 Å². The summed E-state index contributed by atoms with van der Waals surface area (Å²) >= 11 is 11.4. The number of alkyl halides is 1. The van der Waals surface area contributed by atoms with Crippen molar-refractivity contribution < 1.29 is 0 Å². The Balaban J connectivity index is 2.72. The fourth-order valence-electron chi connectivity index (χ4n) is 1.16. The van der Waals surface area contributed by atoms with Crippen molar-refractivity contribution in [3.8, 4) is 0 Å². The van der Waals surface area contributed by atoms with Gasteiger partial charge in [-0.25, -0.2) is 0 Å². The molecule has 0 nitrogen and oxygen atoms in total. The highest BCUT2D eigenvalue weighted by atomic mass is 35.5. The maximum atomic E-state index is 5.84. The standard InChI is InChI=1S/C11H12Cl2/c1-9-8-11(13)6-5-10(9)4-2-3-7-12/h2-3,5-6,8H,4,7H2,1H3/b3-2+. The second-order valence-corrected chi connectivity index (χ2v) is 3.65. The van der Waals surface area contributed by atoms with Gasteiger partial charge in [0.05, 0.1) is 0 Å². The number of benzene rings is 1. The molecular formula is C11H12Cl2. The van der Waals surface area contributed by atoms with Crippen molar-refractivity contribution in [2.75, 3.05) is 5.88 Å². The van der Waals surface area contributed by atoms with Gasteiger partial charge in [-0.2, -0.15) is 0 Å². The molecule has 0 aliphatic rings. The van der Waals surface area contributed by atoms with Gasteiger partial charge in [-0.05, 0) is 36.6 Å². The zero-order valence-corrected chi connectivity index (χ0v) is 9.07. The number of hydrogen-bond donors (Lipinski definition) is 0. The molecule has 0 aliphatic heterocycles. The summed E-state index contributed by atoms with van der Waals surface area (Å²) in [7, 11) is 0. The van der Waals surface area contributed by atoms with E-state index in [0.29, 0.717) is 5.88 Å². The zero-order chi connectivity index (χ0) is 9.68. The van der Waals surface area contributed by atoms with Gasteiger partial charge >= 0.3 is 0 Å². The van der Waals surface area contributed by atoms with E-state index in [1.165, 1.54) is 11.1 Å². The molecule has 0 N–H and O–H groups in total. The summed E-state index contributed by atoms with van der Waals surface area (Å²) in [4.78, 5) is 0. The summed E-state index contributed by atoms with van der Waals surface area (Å²) < 4.78 is 0. The molecule has 0 amide bonds. The van der Waals surface area contributed by atoms with Crippen LogP contribution in [0.4, 0.5) is 0 Å². The Morgan fingerprint density at radius 1 is 1.31 bits per heavy atom. The summed E-state index contributed by atoms with van der Waals surface area (Å²) in [5.74, 6) is 0.576. The van der Waals surface area contributed by atoms with Gasteiger partial charge in [0.1, 0.15) is 0 Å². The van der Waals surface area contributed by atoms with Gasteiger partial charge in [0.25, 0.3) is 0 Å². The van der Waals surface area contributed by atoms with E-state index in [4.69, 9.17) is 23.2 Å². The van der Waals surface area contributed by atoms with Crippen molar-refractivity contribution in [2.45, 2.75) is 13.3 Å². The van der Waals surface area contributed by atoms with Crippen molar-refractivity contribution in [2.24, 2.45) is 0 Å². The molecule has 13 heavy (non-hydrogen) atoms. The first-order valence-corrected chi connectivity index (χ1v) is 5.11. The van der Waals surface area contributed by atoms with Gasteiger partial charge in [0.2, 0.25) is 0 Å². The predicted molar refractivity (Wildman–Crippen MR) is 59.8 cm³/mol. The summed E-state index contributed by atoms with van der Waals surface area (Å²) in [6.07, 6.45) is 4.95. The monoisotopic (exact) mass is 214 g/mol. The molecule has 1 rings (SSSR count). The van der Waals surface area contributed by atoms with Crippen molar-refractivity contribution in [1.82, 2.24) is 0 Å². The molecule has 0 heterocycles. The third-order valence-electron chi connectivity index (χ3n) is 1.90. The van der Waals surface area contributed by atoms with E-state index in [1.807, 2.05) is 18.2 Å². The van der Waals surface area contributed by atoms with Gasteiger partial charge < -0.3 is 0 Å². The highest BCUT2D eigenvalue weighted by Crippen LogP contribution is 2.15. The Bertz CT molecular complexity index is 303. The molecule has 1 aromatic rings. The van der Waals surface area contributed by atoms with Crippen LogP contribution in [0.2, 0.25) is 5.02 Å². The van der Waals surface area contributed by atoms with Crippen LogP contribution in [0.3, 0.4) is 0 Å². The van der Waals surface area contributed by atoms with Crippen LogP contribution in [0.15, 0.2) is 30.4 Å². The average Bonchev–Trinajstić information content (AvgIpc) is 2.09. The Kier molecular flexibility index (Phi) is 4.34. The highest BCUT2D eigenvalue weighted by molar-refractivity contribution is 6.30. The number of halogens is 2. The topological polar surface area (TPSA) is 0 Å². The van der Waals surface area contributed by atoms with Gasteiger partial charge in [-0.1, -0.05) is 29.8 Å². The van der Waals surface area contributed by atoms with Gasteiger partial charge in [0.15, 0.2) is 0 Å². The number of rotatable bonds is 3. The molecule has 70 valence electrons. The van der Waals surface area contributed by atoms with E-state index >= 15 is 0 Å². The molecule has 0 atom stereocenters. The summed E-state index contributed by atoms with van der Waals surface area (Å²) in [6.45, 7) is 2.07. The quantitative estimate of drug-likeness (QED) is 0.528. The van der Waals surface area contributed by atoms with Gasteiger partial charge in [-0.15, -0.1) is 11.6 Å². The molecule has 0 spiro atoms. The van der Waals surface area contributed by atoms with E-state index in [0.717, 1.165) is 11.4 Å². The second kappa shape index (κ2) is 5.31. The van der Waals surface area contributed by atoms with Crippen molar-refractivity contribution in [1.29, 1.82) is 0 Å². The number of hydrogen-bond acceptors (Lipinski definition) is 0. The van der Waals surface area contributed by atoms with Crippen LogP contribution in [0.25, 0.3) is 0 Å². The molecule has 0 radical (unpaired) electrons. The fraction of sp³-hybridized carbons (Fsp3) is 0.273. The average molecular weight is 215 g/mol. The lowest BCUT2D eigenvalue weighted by molar-refractivity contribution is 1.21. The molecule has 0 saturated heterocycles. The second-order valence-electron chi connectivity index (χ2n) is 2.90. The first-order valence-electron chi connectivity index (χ1n) is 4.20. The first-order chi connectivity index (χ1) is 6.24. The minimum absolute atomic E-state index is 0.576. The lowest BCUT2D eigenvalue weighted by Crippen LogP contribution is -1.86. The normalized spacial score (nSPS) is 11.0. The summed E-state index contributed by atoms with van der Waals surface area (Å²) in [5, 5.41) is 0.794. The van der Waals surface area contributed by atoms with Crippen LogP contribution in [0, 0.1) is 6.92 Å². The van der Waals surface area contributed by atoms with E-state index in [1.54, 1.807) is 0 Å². The molecule has 0 aromatic heterocycles. The largest absolute Gasteiger partial charge is 0.122 e. The Morgan fingerprint density at radius 3 is 2.69 bits per heavy atom. The molecule has 0 unspecified atom stereocenters.